The van der Waals surface area contributed by atoms with Gasteiger partial charge in [0.05, 0.1) is 0 Å². The molecule has 0 aliphatic rings. The highest BCUT2D eigenvalue weighted by Crippen LogP contribution is 2.12. The lowest BCUT2D eigenvalue weighted by Gasteiger charge is -2.23. The number of anilines is 1. The molecule has 0 aliphatic carbocycles. The number of hydrogen-bond acceptors (Lipinski definition) is 3. The van der Waals surface area contributed by atoms with Crippen LogP contribution < -0.4 is 16.0 Å². The summed E-state index contributed by atoms with van der Waals surface area (Å²) in [4.78, 5) is 14.0. The Hall–Kier alpha value is -1.55. The highest BCUT2D eigenvalue weighted by Gasteiger charge is 2.12. The van der Waals surface area contributed by atoms with Crippen LogP contribution in [-0.4, -0.2) is 31.6 Å². The largest absolute Gasteiger partial charge is 0.372 e. The first-order valence-corrected chi connectivity index (χ1v) is 7.86. The van der Waals surface area contributed by atoms with Crippen LogP contribution in [0.3, 0.4) is 0 Å². The quantitative estimate of drug-likeness (QED) is 0.687. The van der Waals surface area contributed by atoms with E-state index < -0.39 is 0 Å². The van der Waals surface area contributed by atoms with Crippen molar-refractivity contribution in [1.82, 2.24) is 5.32 Å². The lowest BCUT2D eigenvalue weighted by molar-refractivity contribution is -0.121. The van der Waals surface area contributed by atoms with Crippen molar-refractivity contribution >= 4 is 11.6 Å². The summed E-state index contributed by atoms with van der Waals surface area (Å²) >= 11 is 0. The van der Waals surface area contributed by atoms with Gasteiger partial charge in [0, 0.05) is 37.8 Å². The van der Waals surface area contributed by atoms with E-state index in [4.69, 9.17) is 5.73 Å². The number of rotatable bonds is 9. The smallest absolute Gasteiger partial charge is 0.221 e. The number of nitrogens with two attached hydrogens (primary N) is 1. The van der Waals surface area contributed by atoms with Crippen molar-refractivity contribution in [3.05, 3.63) is 30.3 Å². The van der Waals surface area contributed by atoms with Crippen LogP contribution in [0.1, 0.15) is 33.6 Å². The summed E-state index contributed by atoms with van der Waals surface area (Å²) in [6.45, 7) is 8.83. The summed E-state index contributed by atoms with van der Waals surface area (Å²) in [5, 5.41) is 2.95. The minimum absolute atomic E-state index is 0.0542. The SMILES string of the molecule is CCN(CCCNC(=O)CC(N)C(C)C)c1ccccc1. The van der Waals surface area contributed by atoms with E-state index in [9.17, 15) is 4.79 Å². The number of nitrogens with one attached hydrogen (secondary N) is 1. The van der Waals surface area contributed by atoms with E-state index in [-0.39, 0.29) is 11.9 Å². The Morgan fingerprint density at radius 3 is 2.52 bits per heavy atom. The molecule has 4 nitrogen and oxygen atoms in total. The van der Waals surface area contributed by atoms with Gasteiger partial charge >= 0.3 is 0 Å². The number of amides is 1. The predicted octanol–water partition coefficient (Wildman–Crippen LogP) is 2.39. The monoisotopic (exact) mass is 291 g/mol. The van der Waals surface area contributed by atoms with E-state index in [0.29, 0.717) is 18.9 Å². The fraction of sp³-hybridized carbons (Fsp3) is 0.588. The van der Waals surface area contributed by atoms with Gasteiger partial charge in [0.1, 0.15) is 0 Å². The Labute approximate surface area is 128 Å². The van der Waals surface area contributed by atoms with Crippen LogP contribution in [0.4, 0.5) is 5.69 Å². The van der Waals surface area contributed by atoms with Crippen molar-refractivity contribution in [3.63, 3.8) is 0 Å². The van der Waals surface area contributed by atoms with Crippen molar-refractivity contribution in [2.24, 2.45) is 11.7 Å². The van der Waals surface area contributed by atoms with Crippen molar-refractivity contribution in [1.29, 1.82) is 0 Å². The van der Waals surface area contributed by atoms with Crippen LogP contribution in [0.2, 0.25) is 0 Å². The minimum atomic E-state index is -0.0542. The van der Waals surface area contributed by atoms with E-state index in [0.717, 1.165) is 19.5 Å². The van der Waals surface area contributed by atoms with Gasteiger partial charge in [-0.1, -0.05) is 32.0 Å². The highest BCUT2D eigenvalue weighted by molar-refractivity contribution is 5.76. The molecule has 0 bridgehead atoms. The number of carbonyl (C=O) groups is 1. The molecule has 1 aromatic rings. The lowest BCUT2D eigenvalue weighted by Crippen LogP contribution is -2.36. The van der Waals surface area contributed by atoms with Crippen LogP contribution >= 0.6 is 0 Å². The maximum atomic E-state index is 11.7. The Balaban J connectivity index is 2.25. The zero-order valence-corrected chi connectivity index (χ0v) is 13.5. The number of nitrogens with zero attached hydrogens (tertiary/aromatic N) is 1. The molecule has 3 N–H and O–H groups in total. The number of hydrogen-bond donors (Lipinski definition) is 2. The normalized spacial score (nSPS) is 12.2. The predicted molar refractivity (Wildman–Crippen MR) is 89.4 cm³/mol. The molecule has 0 radical (unpaired) electrons. The van der Waals surface area contributed by atoms with E-state index >= 15 is 0 Å². The Kier molecular flexibility index (Phi) is 7.83. The summed E-state index contributed by atoms with van der Waals surface area (Å²) < 4.78 is 0. The molecular weight excluding hydrogens is 262 g/mol. The molecule has 1 rings (SSSR count). The second-order valence-corrected chi connectivity index (χ2v) is 5.73. The first-order chi connectivity index (χ1) is 10.0. The van der Waals surface area contributed by atoms with Crippen LogP contribution in [0.15, 0.2) is 30.3 Å². The molecule has 0 fully saturated rings. The molecule has 21 heavy (non-hydrogen) atoms. The number of benzene rings is 1. The maximum Gasteiger partial charge on any atom is 0.221 e. The Bertz CT molecular complexity index is 406. The van der Waals surface area contributed by atoms with Gasteiger partial charge < -0.3 is 16.0 Å². The fourth-order valence-electron chi connectivity index (χ4n) is 2.13. The third kappa shape index (κ3) is 6.63. The first kappa shape index (κ1) is 17.5. The molecule has 0 aliphatic heterocycles. The second-order valence-electron chi connectivity index (χ2n) is 5.73. The van der Waals surface area contributed by atoms with E-state index in [1.54, 1.807) is 0 Å². The van der Waals surface area contributed by atoms with E-state index in [1.165, 1.54) is 5.69 Å². The molecule has 0 spiro atoms. The molecule has 0 saturated heterocycles. The molecular formula is C17H29N3O. The molecule has 118 valence electrons. The van der Waals surface area contributed by atoms with Gasteiger partial charge in [-0.3, -0.25) is 4.79 Å². The fourth-order valence-corrected chi connectivity index (χ4v) is 2.13. The minimum Gasteiger partial charge on any atom is -0.372 e. The lowest BCUT2D eigenvalue weighted by atomic mass is 10.0. The molecule has 1 unspecified atom stereocenters. The van der Waals surface area contributed by atoms with Crippen molar-refractivity contribution in [2.45, 2.75) is 39.7 Å². The molecule has 1 aromatic carbocycles. The summed E-state index contributed by atoms with van der Waals surface area (Å²) in [5.74, 6) is 0.392. The van der Waals surface area contributed by atoms with Crippen molar-refractivity contribution in [2.75, 3.05) is 24.5 Å². The van der Waals surface area contributed by atoms with Crippen molar-refractivity contribution < 1.29 is 4.79 Å². The average Bonchev–Trinajstić information content (AvgIpc) is 2.48. The molecule has 0 heterocycles. The van der Waals surface area contributed by atoms with Gasteiger partial charge in [-0.2, -0.15) is 0 Å². The first-order valence-electron chi connectivity index (χ1n) is 7.86. The van der Waals surface area contributed by atoms with Crippen LogP contribution in [0.5, 0.6) is 0 Å². The summed E-state index contributed by atoms with van der Waals surface area (Å²) in [7, 11) is 0. The molecule has 0 aromatic heterocycles. The molecule has 1 amide bonds. The van der Waals surface area contributed by atoms with Crippen molar-refractivity contribution in [3.8, 4) is 0 Å². The summed E-state index contributed by atoms with van der Waals surface area (Å²) in [5.41, 5.74) is 7.13. The van der Waals surface area contributed by atoms with Gasteiger partial charge in [0.25, 0.3) is 0 Å². The van der Waals surface area contributed by atoms with Crippen LogP contribution in [-0.2, 0) is 4.79 Å². The maximum absolute atomic E-state index is 11.7. The average molecular weight is 291 g/mol. The highest BCUT2D eigenvalue weighted by atomic mass is 16.1. The summed E-state index contributed by atoms with van der Waals surface area (Å²) in [6.07, 6.45) is 1.35. The zero-order valence-electron chi connectivity index (χ0n) is 13.5. The number of para-hydroxylation sites is 1. The third-order valence-electron chi connectivity index (χ3n) is 3.71. The molecule has 4 heteroatoms. The molecule has 0 saturated carbocycles. The second kappa shape index (κ2) is 9.40. The molecule has 1 atom stereocenters. The van der Waals surface area contributed by atoms with Gasteiger partial charge in [0.15, 0.2) is 0 Å². The summed E-state index contributed by atoms with van der Waals surface area (Å²) in [6, 6.07) is 10.3. The van der Waals surface area contributed by atoms with E-state index in [1.807, 2.05) is 32.0 Å². The van der Waals surface area contributed by atoms with Crippen LogP contribution in [0.25, 0.3) is 0 Å². The van der Waals surface area contributed by atoms with Gasteiger partial charge in [-0.05, 0) is 31.4 Å². The standard InChI is InChI=1S/C17H29N3O/c1-4-20(15-9-6-5-7-10-15)12-8-11-19-17(21)13-16(18)14(2)3/h5-7,9-10,14,16H,4,8,11-13,18H2,1-3H3,(H,19,21). The topological polar surface area (TPSA) is 58.4 Å². The third-order valence-corrected chi connectivity index (χ3v) is 3.71. The van der Waals surface area contributed by atoms with Gasteiger partial charge in [-0.25, -0.2) is 0 Å². The van der Waals surface area contributed by atoms with Gasteiger partial charge in [-0.15, -0.1) is 0 Å². The van der Waals surface area contributed by atoms with E-state index in [2.05, 4.69) is 29.3 Å². The van der Waals surface area contributed by atoms with Gasteiger partial charge in [0.2, 0.25) is 5.91 Å². The zero-order chi connectivity index (χ0) is 15.7. The number of carbonyl (C=O) groups excluding carboxylic acids is 1. The Morgan fingerprint density at radius 1 is 1.29 bits per heavy atom. The Morgan fingerprint density at radius 2 is 1.95 bits per heavy atom. The van der Waals surface area contributed by atoms with Crippen LogP contribution in [0, 0.1) is 5.92 Å².